The highest BCUT2D eigenvalue weighted by Crippen LogP contribution is 2.45. The molecule has 0 N–H and O–H groups in total. The van der Waals surface area contributed by atoms with Crippen LogP contribution in [0.5, 0.6) is 0 Å². The lowest BCUT2D eigenvalue weighted by atomic mass is 10.4. The first-order valence-corrected chi connectivity index (χ1v) is 18.5. The van der Waals surface area contributed by atoms with Crippen molar-refractivity contribution in [2.75, 3.05) is 0 Å². The number of aromatic nitrogens is 1. The molecule has 212 valence electrons. The zero-order valence-electron chi connectivity index (χ0n) is 23.0. The van der Waals surface area contributed by atoms with Gasteiger partial charge in [-0.25, -0.2) is 13.4 Å². The van der Waals surface area contributed by atoms with E-state index in [2.05, 4.69) is 0 Å². The average Bonchev–Trinajstić information content (AvgIpc) is 3.09. The van der Waals surface area contributed by atoms with Crippen molar-refractivity contribution in [3.63, 3.8) is 0 Å². The molecule has 0 unspecified atom stereocenters. The monoisotopic (exact) mass is 619 g/mol. The van der Waals surface area contributed by atoms with E-state index in [1.807, 2.05) is 24.3 Å². The normalized spacial score (nSPS) is 12.1. The molecule has 0 saturated heterocycles. The van der Waals surface area contributed by atoms with E-state index in [0.717, 1.165) is 0 Å². The molecule has 6 aromatic rings. The Bertz CT molecular complexity index is 1870. The van der Waals surface area contributed by atoms with E-state index in [0.29, 0.717) is 21.2 Å². The van der Waals surface area contributed by atoms with Gasteiger partial charge in [-0.15, -0.1) is 0 Å². The summed E-state index contributed by atoms with van der Waals surface area (Å²) >= 11 is 0. The quantitative estimate of drug-likeness (QED) is 0.219. The lowest BCUT2D eigenvalue weighted by molar-refractivity contribution is 0.591. The number of hydrogen-bond acceptors (Lipinski definition) is 5. The second kappa shape index (κ2) is 11.7. The van der Waals surface area contributed by atoms with Crippen molar-refractivity contribution in [3.05, 3.63) is 164 Å². The van der Waals surface area contributed by atoms with Crippen molar-refractivity contribution < 1.29 is 17.5 Å². The topological polar surface area (TPSA) is 81.2 Å². The van der Waals surface area contributed by atoms with Crippen LogP contribution in [0.1, 0.15) is 0 Å². The molecule has 0 fully saturated rings. The van der Waals surface area contributed by atoms with Gasteiger partial charge >= 0.3 is 0 Å². The van der Waals surface area contributed by atoms with Gasteiger partial charge in [0.05, 0.1) is 9.79 Å². The summed E-state index contributed by atoms with van der Waals surface area (Å²) in [5.74, 6) is 0. The summed E-state index contributed by atoms with van der Waals surface area (Å²) in [6.45, 7) is 0. The van der Waals surface area contributed by atoms with Crippen molar-refractivity contribution >= 4 is 56.2 Å². The van der Waals surface area contributed by atoms with Crippen LogP contribution >= 0.6 is 14.3 Å². The Kier molecular flexibility index (Phi) is 7.85. The highest BCUT2D eigenvalue weighted by atomic mass is 32.2. The second-order valence-corrected chi connectivity index (χ2v) is 17.3. The highest BCUT2D eigenvalue weighted by Gasteiger charge is 2.38. The Morgan fingerprint density at radius 1 is 0.395 bits per heavy atom. The molecular formula is C35H27NO4P2S. The zero-order valence-corrected chi connectivity index (χ0v) is 25.6. The lowest BCUT2D eigenvalue weighted by Gasteiger charge is -2.24. The van der Waals surface area contributed by atoms with Crippen LogP contribution in [0.25, 0.3) is 0 Å². The van der Waals surface area contributed by atoms with Crippen LogP contribution in [-0.4, -0.2) is 13.4 Å². The highest BCUT2D eigenvalue weighted by molar-refractivity contribution is 7.92. The first kappa shape index (κ1) is 28.8. The Hall–Kier alpha value is -4.34. The number of sulfone groups is 1. The van der Waals surface area contributed by atoms with E-state index in [1.165, 1.54) is 24.3 Å². The fraction of sp³-hybridized carbons (Fsp3) is 0. The Morgan fingerprint density at radius 2 is 0.674 bits per heavy atom. The largest absolute Gasteiger partial charge is 0.307 e. The number of nitrogens with zero attached hydrogens (tertiary/aromatic N) is 1. The molecule has 5 nitrogen and oxygen atoms in total. The number of hydrogen-bond donors (Lipinski definition) is 0. The summed E-state index contributed by atoms with van der Waals surface area (Å²) in [5, 5.41) is 1.96. The van der Waals surface area contributed by atoms with Crippen LogP contribution in [0.2, 0.25) is 0 Å². The molecule has 0 amide bonds. The minimum absolute atomic E-state index is 0.0454. The second-order valence-electron chi connectivity index (χ2n) is 9.90. The number of benzene rings is 5. The third kappa shape index (κ3) is 5.23. The predicted octanol–water partition coefficient (Wildman–Crippen LogP) is 5.19. The van der Waals surface area contributed by atoms with Gasteiger partial charge in [0.1, 0.15) is 10.9 Å². The van der Waals surface area contributed by atoms with Crippen LogP contribution in [0.15, 0.2) is 174 Å². The first-order chi connectivity index (χ1) is 20.8. The SMILES string of the molecule is O=P(c1ccccc1)(c1ccccc1)c1cc(S(=O)(=O)c2ccccc2)cc(P(=O)(c2ccccc2)c2ccccc2)n1. The molecule has 0 aliphatic carbocycles. The molecule has 0 bridgehead atoms. The zero-order chi connectivity index (χ0) is 29.9. The van der Waals surface area contributed by atoms with Gasteiger partial charge in [0.15, 0.2) is 14.3 Å². The van der Waals surface area contributed by atoms with Crippen molar-refractivity contribution in [1.82, 2.24) is 4.98 Å². The number of pyridine rings is 1. The van der Waals surface area contributed by atoms with Crippen LogP contribution in [0.3, 0.4) is 0 Å². The molecule has 0 spiro atoms. The summed E-state index contributed by atoms with van der Waals surface area (Å²) in [7, 11) is -11.6. The van der Waals surface area contributed by atoms with Gasteiger partial charge in [-0.05, 0) is 24.3 Å². The minimum Gasteiger partial charge on any atom is -0.307 e. The molecule has 0 atom stereocenters. The molecule has 6 rings (SSSR count). The Morgan fingerprint density at radius 3 is 0.977 bits per heavy atom. The maximum Gasteiger partial charge on any atom is 0.206 e. The van der Waals surface area contributed by atoms with Crippen molar-refractivity contribution in [2.45, 2.75) is 9.79 Å². The van der Waals surface area contributed by atoms with Gasteiger partial charge in [-0.3, -0.25) is 0 Å². The van der Waals surface area contributed by atoms with E-state index >= 15 is 9.13 Å². The maximum absolute atomic E-state index is 15.4. The van der Waals surface area contributed by atoms with Gasteiger partial charge in [-0.1, -0.05) is 140 Å². The van der Waals surface area contributed by atoms with E-state index in [4.69, 9.17) is 4.98 Å². The summed E-state index contributed by atoms with van der Waals surface area (Å²) in [6.07, 6.45) is 0. The smallest absolute Gasteiger partial charge is 0.206 e. The molecule has 8 heteroatoms. The summed E-state index contributed by atoms with van der Waals surface area (Å²) in [4.78, 5) is 4.84. The number of rotatable bonds is 8. The van der Waals surface area contributed by atoms with Crippen molar-refractivity contribution in [1.29, 1.82) is 0 Å². The average molecular weight is 620 g/mol. The fourth-order valence-corrected chi connectivity index (χ4v) is 11.8. The van der Waals surface area contributed by atoms with E-state index in [1.54, 1.807) is 115 Å². The Labute approximate surface area is 251 Å². The van der Waals surface area contributed by atoms with Gasteiger partial charge in [0.25, 0.3) is 0 Å². The fourth-order valence-electron chi connectivity index (χ4n) is 5.07. The maximum atomic E-state index is 15.4. The Balaban J connectivity index is 1.73. The molecule has 1 aromatic heterocycles. The summed E-state index contributed by atoms with van der Waals surface area (Å²) < 4.78 is 59.1. The molecular weight excluding hydrogens is 592 g/mol. The lowest BCUT2D eigenvalue weighted by Crippen LogP contribution is -2.35. The minimum atomic E-state index is -4.12. The molecule has 43 heavy (non-hydrogen) atoms. The third-order valence-electron chi connectivity index (χ3n) is 7.26. The van der Waals surface area contributed by atoms with Crippen LogP contribution in [-0.2, 0) is 19.0 Å². The van der Waals surface area contributed by atoms with Crippen LogP contribution < -0.4 is 32.1 Å². The molecule has 0 saturated carbocycles. The molecule has 0 aliphatic heterocycles. The van der Waals surface area contributed by atoms with Gasteiger partial charge in [-0.2, -0.15) is 0 Å². The first-order valence-electron chi connectivity index (χ1n) is 13.6. The van der Waals surface area contributed by atoms with Crippen molar-refractivity contribution in [2.24, 2.45) is 0 Å². The summed E-state index contributed by atoms with van der Waals surface area (Å²) in [5.41, 5.74) is 0.0907. The third-order valence-corrected chi connectivity index (χ3v) is 14.9. The molecule has 1 heterocycles. The molecule has 0 radical (unpaired) electrons. The van der Waals surface area contributed by atoms with Gasteiger partial charge in [0, 0.05) is 21.2 Å². The standard InChI is InChI=1S/C35H27NO4P2S/c37-41(28-16-6-1-7-17-28,29-18-8-2-9-19-29)34-26-33(43(39,40)32-24-14-5-15-25-32)27-35(36-34)42(38,30-20-10-3-11-21-30)31-22-12-4-13-23-31/h1-27H. The van der Waals surface area contributed by atoms with Gasteiger partial charge in [0.2, 0.25) is 9.84 Å². The van der Waals surface area contributed by atoms with E-state index in [-0.39, 0.29) is 20.7 Å². The molecule has 5 aromatic carbocycles. The molecule has 0 aliphatic rings. The van der Waals surface area contributed by atoms with Crippen LogP contribution in [0.4, 0.5) is 0 Å². The van der Waals surface area contributed by atoms with E-state index in [9.17, 15) is 8.42 Å². The van der Waals surface area contributed by atoms with Crippen LogP contribution in [0, 0.1) is 0 Å². The predicted molar refractivity (Wildman–Crippen MR) is 175 cm³/mol. The summed E-state index contributed by atoms with van der Waals surface area (Å²) in [6, 6.07) is 46.4. The van der Waals surface area contributed by atoms with Gasteiger partial charge < -0.3 is 9.13 Å². The van der Waals surface area contributed by atoms with Crippen molar-refractivity contribution in [3.8, 4) is 0 Å². The van der Waals surface area contributed by atoms with E-state index < -0.39 is 24.1 Å².